The molecule has 1 fully saturated rings. The van der Waals surface area contributed by atoms with Crippen LogP contribution in [0.1, 0.15) is 55.7 Å². The van der Waals surface area contributed by atoms with Crippen molar-refractivity contribution in [1.29, 1.82) is 0 Å². The number of rotatable bonds is 4. The number of carbonyl (C=O) groups excluding carboxylic acids is 3. The van der Waals surface area contributed by atoms with E-state index in [1.165, 1.54) is 18.2 Å². The fourth-order valence-electron chi connectivity index (χ4n) is 3.16. The highest BCUT2D eigenvalue weighted by molar-refractivity contribution is 6.22. The van der Waals surface area contributed by atoms with Crippen molar-refractivity contribution in [2.45, 2.75) is 18.8 Å². The lowest BCUT2D eigenvalue weighted by atomic mass is 10.1. The van der Waals surface area contributed by atoms with Crippen LogP contribution in [0.25, 0.3) is 11.4 Å². The average molecular weight is 373 g/mol. The van der Waals surface area contributed by atoms with Crippen molar-refractivity contribution in [3.8, 4) is 11.4 Å². The van der Waals surface area contributed by atoms with Gasteiger partial charge in [0.05, 0.1) is 11.1 Å². The largest absolute Gasteiger partial charge is 0.322 e. The lowest BCUT2D eigenvalue weighted by Crippen LogP contribution is -2.19. The van der Waals surface area contributed by atoms with Crippen LogP contribution in [0.2, 0.25) is 0 Å². The molecule has 138 valence electrons. The number of nitrogens with zero attached hydrogens (tertiary/aromatic N) is 2. The van der Waals surface area contributed by atoms with Crippen LogP contribution in [-0.4, -0.2) is 32.9 Å². The van der Waals surface area contributed by atoms with E-state index in [9.17, 15) is 14.4 Å². The first kappa shape index (κ1) is 16.4. The number of H-pyrrole nitrogens is 1. The SMILES string of the molecule is O=C(Nc1ccc(-c2n[nH]c(C3CC3)n2)cc1)c1ccc2c(c1)C(=O)NC2=O. The molecule has 1 aliphatic heterocycles. The number of aromatic amines is 1. The molecule has 5 rings (SSSR count). The molecule has 8 nitrogen and oxygen atoms in total. The molecule has 2 heterocycles. The zero-order valence-electron chi connectivity index (χ0n) is 14.7. The summed E-state index contributed by atoms with van der Waals surface area (Å²) >= 11 is 0. The molecule has 8 heteroatoms. The van der Waals surface area contributed by atoms with Gasteiger partial charge in [-0.1, -0.05) is 0 Å². The number of aromatic nitrogens is 3. The number of carbonyl (C=O) groups is 3. The number of hydrogen-bond donors (Lipinski definition) is 3. The molecule has 0 atom stereocenters. The molecular formula is C20H15N5O3. The average Bonchev–Trinajstić information content (AvgIpc) is 3.37. The van der Waals surface area contributed by atoms with Crippen LogP contribution in [0, 0.1) is 0 Å². The molecule has 1 aromatic heterocycles. The van der Waals surface area contributed by atoms with Crippen molar-refractivity contribution in [3.63, 3.8) is 0 Å². The first-order chi connectivity index (χ1) is 13.6. The van der Waals surface area contributed by atoms with Crippen LogP contribution in [0.4, 0.5) is 5.69 Å². The van der Waals surface area contributed by atoms with Crippen LogP contribution in [0.5, 0.6) is 0 Å². The zero-order valence-corrected chi connectivity index (χ0v) is 14.7. The molecule has 28 heavy (non-hydrogen) atoms. The lowest BCUT2D eigenvalue weighted by molar-refractivity contribution is 0.0879. The van der Waals surface area contributed by atoms with Gasteiger partial charge in [0.1, 0.15) is 5.82 Å². The van der Waals surface area contributed by atoms with E-state index in [-0.39, 0.29) is 17.0 Å². The summed E-state index contributed by atoms with van der Waals surface area (Å²) in [6.07, 6.45) is 2.30. The summed E-state index contributed by atoms with van der Waals surface area (Å²) in [5.41, 5.74) is 2.25. The van der Waals surface area contributed by atoms with Crippen LogP contribution in [-0.2, 0) is 0 Å². The maximum atomic E-state index is 12.5. The van der Waals surface area contributed by atoms with Gasteiger partial charge in [-0.25, -0.2) is 4.98 Å². The Morgan fingerprint density at radius 2 is 1.75 bits per heavy atom. The topological polar surface area (TPSA) is 117 Å². The molecule has 0 saturated heterocycles. The van der Waals surface area contributed by atoms with Crippen LogP contribution in [0.3, 0.4) is 0 Å². The summed E-state index contributed by atoms with van der Waals surface area (Å²) in [4.78, 5) is 40.3. The first-order valence-electron chi connectivity index (χ1n) is 8.92. The Morgan fingerprint density at radius 1 is 1.00 bits per heavy atom. The third kappa shape index (κ3) is 2.84. The van der Waals surface area contributed by atoms with E-state index in [0.717, 1.165) is 24.2 Å². The van der Waals surface area contributed by atoms with Gasteiger partial charge in [0, 0.05) is 22.7 Å². The van der Waals surface area contributed by atoms with Gasteiger partial charge in [-0.2, -0.15) is 5.10 Å². The van der Waals surface area contributed by atoms with Crippen molar-refractivity contribution in [2.24, 2.45) is 0 Å². The third-order valence-corrected chi connectivity index (χ3v) is 4.87. The molecule has 2 aromatic carbocycles. The number of imide groups is 1. The predicted octanol–water partition coefficient (Wildman–Crippen LogP) is 2.49. The summed E-state index contributed by atoms with van der Waals surface area (Å²) in [6, 6.07) is 11.6. The van der Waals surface area contributed by atoms with Crippen LogP contribution < -0.4 is 10.6 Å². The maximum absolute atomic E-state index is 12.5. The third-order valence-electron chi connectivity index (χ3n) is 4.87. The normalized spacial score (nSPS) is 15.3. The molecule has 2 aliphatic rings. The molecule has 3 aromatic rings. The fraction of sp³-hybridized carbons (Fsp3) is 0.150. The van der Waals surface area contributed by atoms with Gasteiger partial charge in [-0.3, -0.25) is 24.8 Å². The molecule has 1 aliphatic carbocycles. The molecule has 0 bridgehead atoms. The minimum atomic E-state index is -0.490. The van der Waals surface area contributed by atoms with Crippen LogP contribution >= 0.6 is 0 Å². The van der Waals surface area contributed by atoms with E-state index in [0.29, 0.717) is 23.0 Å². The van der Waals surface area contributed by atoms with Crippen LogP contribution in [0.15, 0.2) is 42.5 Å². The smallest absolute Gasteiger partial charge is 0.258 e. The van der Waals surface area contributed by atoms with E-state index in [1.54, 1.807) is 12.1 Å². The highest BCUT2D eigenvalue weighted by Crippen LogP contribution is 2.38. The second-order valence-electron chi connectivity index (χ2n) is 6.89. The summed E-state index contributed by atoms with van der Waals surface area (Å²) in [6.45, 7) is 0. The molecule has 0 radical (unpaired) electrons. The van der Waals surface area contributed by atoms with Crippen molar-refractivity contribution in [1.82, 2.24) is 20.5 Å². The first-order valence-corrected chi connectivity index (χ1v) is 8.92. The Morgan fingerprint density at radius 3 is 2.50 bits per heavy atom. The molecule has 0 spiro atoms. The van der Waals surface area contributed by atoms with E-state index in [2.05, 4.69) is 25.8 Å². The number of hydrogen-bond acceptors (Lipinski definition) is 5. The number of nitrogens with one attached hydrogen (secondary N) is 3. The van der Waals surface area contributed by atoms with Crippen molar-refractivity contribution < 1.29 is 14.4 Å². The quantitative estimate of drug-likeness (QED) is 0.608. The summed E-state index contributed by atoms with van der Waals surface area (Å²) in [5, 5.41) is 12.2. The summed E-state index contributed by atoms with van der Waals surface area (Å²) < 4.78 is 0. The lowest BCUT2D eigenvalue weighted by Gasteiger charge is -2.06. The van der Waals surface area contributed by atoms with Gasteiger partial charge in [-0.05, 0) is 55.3 Å². The van der Waals surface area contributed by atoms with Gasteiger partial charge < -0.3 is 5.32 Å². The van der Waals surface area contributed by atoms with E-state index in [4.69, 9.17) is 0 Å². The number of fused-ring (bicyclic) bond motifs is 1. The van der Waals surface area contributed by atoms with Gasteiger partial charge >= 0.3 is 0 Å². The number of amides is 3. The standard InChI is InChI=1S/C20H15N5O3/c26-18(12-5-8-14-15(9-12)20(28)23-19(14)27)21-13-6-3-11(4-7-13)17-22-16(24-25-17)10-1-2-10/h3-10H,1-2H2,(H,21,26)(H,22,24,25)(H,23,27,28). The van der Waals surface area contributed by atoms with E-state index < -0.39 is 11.8 Å². The Balaban J connectivity index is 1.32. The highest BCUT2D eigenvalue weighted by atomic mass is 16.2. The molecule has 3 amide bonds. The summed E-state index contributed by atoms with van der Waals surface area (Å²) in [5.74, 6) is 0.761. The minimum absolute atomic E-state index is 0.212. The highest BCUT2D eigenvalue weighted by Gasteiger charge is 2.28. The van der Waals surface area contributed by atoms with Gasteiger partial charge in [0.25, 0.3) is 17.7 Å². The summed E-state index contributed by atoms with van der Waals surface area (Å²) in [7, 11) is 0. The van der Waals surface area contributed by atoms with Crippen molar-refractivity contribution >= 4 is 23.4 Å². The molecular weight excluding hydrogens is 358 g/mol. The fourth-order valence-corrected chi connectivity index (χ4v) is 3.16. The van der Waals surface area contributed by atoms with Crippen molar-refractivity contribution in [2.75, 3.05) is 5.32 Å². The monoisotopic (exact) mass is 373 g/mol. The van der Waals surface area contributed by atoms with E-state index in [1.807, 2.05) is 12.1 Å². The Hall–Kier alpha value is -3.81. The number of benzene rings is 2. The maximum Gasteiger partial charge on any atom is 0.258 e. The van der Waals surface area contributed by atoms with Crippen molar-refractivity contribution in [3.05, 3.63) is 65.0 Å². The second-order valence-corrected chi connectivity index (χ2v) is 6.89. The molecule has 0 unspecified atom stereocenters. The Kier molecular flexibility index (Phi) is 3.58. The van der Waals surface area contributed by atoms with E-state index >= 15 is 0 Å². The minimum Gasteiger partial charge on any atom is -0.322 e. The van der Waals surface area contributed by atoms with Gasteiger partial charge in [-0.15, -0.1) is 0 Å². The van der Waals surface area contributed by atoms with Gasteiger partial charge in [0.15, 0.2) is 5.82 Å². The predicted molar refractivity (Wildman–Crippen MR) is 100.0 cm³/mol. The zero-order chi connectivity index (χ0) is 19.3. The molecule has 3 N–H and O–H groups in total. The molecule has 1 saturated carbocycles. The number of anilines is 1. The van der Waals surface area contributed by atoms with Gasteiger partial charge in [0.2, 0.25) is 0 Å². The Labute approximate surface area is 159 Å². The Bertz CT molecular complexity index is 1130. The second kappa shape index (κ2) is 6.12.